The van der Waals surface area contributed by atoms with Crippen LogP contribution in [0.1, 0.15) is 25.8 Å². The number of halogens is 1. The summed E-state index contributed by atoms with van der Waals surface area (Å²) in [6, 6.07) is 4.04. The second-order valence-electron chi connectivity index (χ2n) is 5.91. The van der Waals surface area contributed by atoms with E-state index < -0.39 is 0 Å². The molecule has 21 heavy (non-hydrogen) atoms. The summed E-state index contributed by atoms with van der Waals surface area (Å²) in [5.41, 5.74) is 1.16. The molecule has 0 aromatic heterocycles. The predicted molar refractivity (Wildman–Crippen MR) is 82.3 cm³/mol. The van der Waals surface area contributed by atoms with Gasteiger partial charge in [-0.1, -0.05) is 11.6 Å². The minimum atomic E-state index is 0.268. The molecule has 1 saturated heterocycles. The minimum Gasteiger partial charge on any atom is -0.489 e. The van der Waals surface area contributed by atoms with Crippen LogP contribution in [0.5, 0.6) is 11.5 Å². The molecule has 0 aliphatic carbocycles. The van der Waals surface area contributed by atoms with Gasteiger partial charge in [0.2, 0.25) is 0 Å². The van der Waals surface area contributed by atoms with Crippen LogP contribution in [0.3, 0.4) is 0 Å². The maximum Gasteiger partial charge on any atom is 0.179 e. The fourth-order valence-corrected chi connectivity index (χ4v) is 3.33. The Morgan fingerprint density at radius 3 is 2.62 bits per heavy atom. The van der Waals surface area contributed by atoms with Crippen LogP contribution in [-0.2, 0) is 11.3 Å². The third kappa shape index (κ3) is 3.62. The Bertz CT molecular complexity index is 499. The van der Waals surface area contributed by atoms with Crippen molar-refractivity contribution in [3.05, 3.63) is 22.7 Å². The molecule has 5 heteroatoms. The summed E-state index contributed by atoms with van der Waals surface area (Å²) in [7, 11) is 0. The number of benzene rings is 1. The van der Waals surface area contributed by atoms with E-state index in [9.17, 15) is 0 Å². The number of morpholine rings is 1. The van der Waals surface area contributed by atoms with Gasteiger partial charge in [0.1, 0.15) is 0 Å². The maximum atomic E-state index is 6.35. The maximum absolute atomic E-state index is 6.35. The van der Waals surface area contributed by atoms with E-state index in [2.05, 4.69) is 24.8 Å². The largest absolute Gasteiger partial charge is 0.489 e. The standard InChI is InChI=1S/C16H22ClNO3/c1-11-8-18(9-12(2)21-11)10-13-6-14(17)16-15(7-13)19-4-3-5-20-16/h6-7,11-12H,3-5,8-10H2,1-2H3/t11-,12-/m0/s1. The van der Waals surface area contributed by atoms with Crippen molar-refractivity contribution in [1.29, 1.82) is 0 Å². The summed E-state index contributed by atoms with van der Waals surface area (Å²) >= 11 is 6.35. The van der Waals surface area contributed by atoms with E-state index in [1.54, 1.807) is 0 Å². The Hall–Kier alpha value is -0.970. The van der Waals surface area contributed by atoms with E-state index in [0.717, 1.165) is 37.4 Å². The molecule has 2 atom stereocenters. The van der Waals surface area contributed by atoms with Gasteiger partial charge in [0.15, 0.2) is 11.5 Å². The molecule has 1 aromatic rings. The highest BCUT2D eigenvalue weighted by atomic mass is 35.5. The normalized spacial score (nSPS) is 26.4. The molecule has 1 aromatic carbocycles. The Labute approximate surface area is 130 Å². The van der Waals surface area contributed by atoms with Gasteiger partial charge in [0, 0.05) is 26.1 Å². The van der Waals surface area contributed by atoms with Crippen molar-refractivity contribution in [1.82, 2.24) is 4.90 Å². The molecule has 2 heterocycles. The van der Waals surface area contributed by atoms with Gasteiger partial charge in [-0.2, -0.15) is 0 Å². The SMILES string of the molecule is C[C@H]1CN(Cc2cc(Cl)c3c(c2)OCCCO3)C[C@H](C)O1. The average molecular weight is 312 g/mol. The van der Waals surface area contributed by atoms with Gasteiger partial charge < -0.3 is 14.2 Å². The monoisotopic (exact) mass is 311 g/mol. The second-order valence-corrected chi connectivity index (χ2v) is 6.31. The predicted octanol–water partition coefficient (Wildman–Crippen LogP) is 3.11. The number of hydrogen-bond acceptors (Lipinski definition) is 4. The summed E-state index contributed by atoms with van der Waals surface area (Å²) < 4.78 is 17.2. The number of nitrogens with zero attached hydrogens (tertiary/aromatic N) is 1. The molecule has 0 amide bonds. The van der Waals surface area contributed by atoms with Crippen LogP contribution in [0.25, 0.3) is 0 Å². The zero-order valence-electron chi connectivity index (χ0n) is 12.6. The Kier molecular flexibility index (Phi) is 4.57. The molecular formula is C16H22ClNO3. The van der Waals surface area contributed by atoms with E-state index in [4.69, 9.17) is 25.8 Å². The third-order valence-electron chi connectivity index (χ3n) is 3.76. The summed E-state index contributed by atoms with van der Waals surface area (Å²) in [5.74, 6) is 1.45. The van der Waals surface area contributed by atoms with Crippen LogP contribution in [0.15, 0.2) is 12.1 Å². The molecule has 3 rings (SSSR count). The van der Waals surface area contributed by atoms with E-state index in [1.807, 2.05) is 6.07 Å². The van der Waals surface area contributed by atoms with E-state index >= 15 is 0 Å². The fourth-order valence-electron chi connectivity index (χ4n) is 3.05. The highest BCUT2D eigenvalue weighted by Gasteiger charge is 2.23. The van der Waals surface area contributed by atoms with Crippen molar-refractivity contribution >= 4 is 11.6 Å². The van der Waals surface area contributed by atoms with Crippen molar-refractivity contribution in [2.45, 2.75) is 39.0 Å². The number of hydrogen-bond donors (Lipinski definition) is 0. The van der Waals surface area contributed by atoms with E-state index in [-0.39, 0.29) is 12.2 Å². The fraction of sp³-hybridized carbons (Fsp3) is 0.625. The first-order valence-corrected chi connectivity index (χ1v) is 7.95. The zero-order chi connectivity index (χ0) is 14.8. The van der Waals surface area contributed by atoms with Crippen molar-refractivity contribution in [3.63, 3.8) is 0 Å². The smallest absolute Gasteiger partial charge is 0.179 e. The summed E-state index contributed by atoms with van der Waals surface area (Å²) in [6.45, 7) is 8.30. The Morgan fingerprint density at radius 2 is 1.86 bits per heavy atom. The van der Waals surface area contributed by atoms with Crippen LogP contribution < -0.4 is 9.47 Å². The Morgan fingerprint density at radius 1 is 1.14 bits per heavy atom. The van der Waals surface area contributed by atoms with Crippen LogP contribution in [0.4, 0.5) is 0 Å². The molecular weight excluding hydrogens is 290 g/mol. The van der Waals surface area contributed by atoms with Gasteiger partial charge in [0.25, 0.3) is 0 Å². The molecule has 0 saturated carbocycles. The highest BCUT2D eigenvalue weighted by Crippen LogP contribution is 2.38. The van der Waals surface area contributed by atoms with Crippen LogP contribution in [0, 0.1) is 0 Å². The van der Waals surface area contributed by atoms with Gasteiger partial charge in [-0.05, 0) is 31.5 Å². The summed E-state index contributed by atoms with van der Waals surface area (Å²) in [4.78, 5) is 2.40. The molecule has 1 fully saturated rings. The second kappa shape index (κ2) is 6.42. The first kappa shape index (κ1) is 14.9. The van der Waals surface area contributed by atoms with Gasteiger partial charge >= 0.3 is 0 Å². The minimum absolute atomic E-state index is 0.268. The van der Waals surface area contributed by atoms with E-state index in [0.29, 0.717) is 24.0 Å². The van der Waals surface area contributed by atoms with Crippen LogP contribution >= 0.6 is 11.6 Å². The molecule has 0 unspecified atom stereocenters. The average Bonchev–Trinajstić information content (AvgIpc) is 2.63. The van der Waals surface area contributed by atoms with Gasteiger partial charge in [-0.15, -0.1) is 0 Å². The number of rotatable bonds is 2. The zero-order valence-corrected chi connectivity index (χ0v) is 13.4. The van der Waals surface area contributed by atoms with Crippen molar-refractivity contribution in [3.8, 4) is 11.5 Å². The Balaban J connectivity index is 1.76. The van der Waals surface area contributed by atoms with E-state index in [1.165, 1.54) is 0 Å². The third-order valence-corrected chi connectivity index (χ3v) is 4.04. The topological polar surface area (TPSA) is 30.9 Å². The molecule has 0 radical (unpaired) electrons. The molecule has 0 N–H and O–H groups in total. The molecule has 4 nitrogen and oxygen atoms in total. The van der Waals surface area contributed by atoms with Crippen molar-refractivity contribution in [2.24, 2.45) is 0 Å². The lowest BCUT2D eigenvalue weighted by molar-refractivity contribution is -0.0704. The molecule has 0 bridgehead atoms. The van der Waals surface area contributed by atoms with Crippen LogP contribution in [-0.4, -0.2) is 43.4 Å². The molecule has 2 aliphatic heterocycles. The first-order chi connectivity index (χ1) is 10.1. The van der Waals surface area contributed by atoms with Gasteiger partial charge in [-0.25, -0.2) is 0 Å². The number of ether oxygens (including phenoxy) is 3. The van der Waals surface area contributed by atoms with Crippen molar-refractivity contribution < 1.29 is 14.2 Å². The van der Waals surface area contributed by atoms with Gasteiger partial charge in [-0.3, -0.25) is 4.90 Å². The van der Waals surface area contributed by atoms with Crippen LogP contribution in [0.2, 0.25) is 5.02 Å². The molecule has 2 aliphatic rings. The number of fused-ring (bicyclic) bond motifs is 1. The quantitative estimate of drug-likeness (QED) is 0.840. The lowest BCUT2D eigenvalue weighted by atomic mass is 10.1. The lowest BCUT2D eigenvalue weighted by Crippen LogP contribution is -2.44. The molecule has 116 valence electrons. The summed E-state index contributed by atoms with van der Waals surface area (Å²) in [5, 5.41) is 0.638. The van der Waals surface area contributed by atoms with Crippen molar-refractivity contribution in [2.75, 3.05) is 26.3 Å². The van der Waals surface area contributed by atoms with Gasteiger partial charge in [0.05, 0.1) is 30.4 Å². The molecule has 0 spiro atoms. The highest BCUT2D eigenvalue weighted by molar-refractivity contribution is 6.32. The first-order valence-electron chi connectivity index (χ1n) is 7.57. The summed E-state index contributed by atoms with van der Waals surface area (Å²) in [6.07, 6.45) is 1.42. The lowest BCUT2D eigenvalue weighted by Gasteiger charge is -2.35.